The fraction of sp³-hybridized carbons (Fsp3) is 0.250. The summed E-state index contributed by atoms with van der Waals surface area (Å²) < 4.78 is 71.8. The Kier molecular flexibility index (Phi) is 10.3. The van der Waals surface area contributed by atoms with Crippen LogP contribution in [0.25, 0.3) is 21.4 Å². The van der Waals surface area contributed by atoms with E-state index in [0.717, 1.165) is 0 Å². The summed E-state index contributed by atoms with van der Waals surface area (Å²) in [7, 11) is -7.15. The molecular weight excluding hydrogens is 519 g/mol. The second-order valence-electron chi connectivity index (χ2n) is 6.46. The van der Waals surface area contributed by atoms with Crippen molar-refractivity contribution < 1.29 is 60.7 Å². The maximum absolute atomic E-state index is 14.2. The maximum Gasteiger partial charge on any atom is 1.00 e. The van der Waals surface area contributed by atoms with Crippen molar-refractivity contribution in [3.8, 4) is 22.7 Å². The summed E-state index contributed by atoms with van der Waals surface area (Å²) in [5.41, 5.74) is 1.34. The molecule has 0 aliphatic heterocycles. The predicted octanol–water partition coefficient (Wildman–Crippen LogP) is 2.59. The molecule has 2 aromatic carbocycles. The van der Waals surface area contributed by atoms with Crippen LogP contribution in [-0.4, -0.2) is 38.3 Å². The first-order chi connectivity index (χ1) is 15.6. The van der Waals surface area contributed by atoms with Crippen LogP contribution in [0.1, 0.15) is 13.8 Å². The molecule has 0 amide bonds. The number of aromatic nitrogens is 2. The number of imidazole rings is 1. The normalized spacial score (nSPS) is 11.8. The van der Waals surface area contributed by atoms with Gasteiger partial charge in [0.25, 0.3) is 7.75 Å². The van der Waals surface area contributed by atoms with Gasteiger partial charge in [0.2, 0.25) is 0 Å². The summed E-state index contributed by atoms with van der Waals surface area (Å²) in [4.78, 5) is 3.86. The van der Waals surface area contributed by atoms with Crippen LogP contribution in [-0.2, 0) is 23.6 Å². The van der Waals surface area contributed by atoms with Gasteiger partial charge in [-0.25, -0.2) is 17.8 Å². The minimum atomic E-state index is -4.33. The Morgan fingerprint density at radius 2 is 1.74 bits per heavy atom. The van der Waals surface area contributed by atoms with E-state index >= 15 is 0 Å². The molecule has 0 N–H and O–H groups in total. The number of sulfonamides is 1. The molecule has 1 aromatic heterocycles. The molecule has 0 saturated heterocycles. The average Bonchev–Trinajstić information content (AvgIpc) is 3.15. The summed E-state index contributed by atoms with van der Waals surface area (Å²) in [6.07, 6.45) is 1.42. The zero-order valence-corrected chi connectivity index (χ0v) is 23.4. The van der Waals surface area contributed by atoms with Gasteiger partial charge in [-0.05, 0) is 56.3 Å². The second kappa shape index (κ2) is 12.1. The van der Waals surface area contributed by atoms with E-state index in [1.807, 2.05) is 0 Å². The maximum atomic E-state index is 14.2. The zero-order chi connectivity index (χ0) is 24.2. The van der Waals surface area contributed by atoms with E-state index in [2.05, 4.69) is 9.48 Å². The minimum Gasteiger partial charge on any atom is -0.494 e. The van der Waals surface area contributed by atoms with Gasteiger partial charge in [-0.1, -0.05) is 11.6 Å². The van der Waals surface area contributed by atoms with Crippen molar-refractivity contribution in [2.45, 2.75) is 18.7 Å². The number of halogens is 2. The molecule has 178 valence electrons. The van der Waals surface area contributed by atoms with Crippen LogP contribution in [0, 0.1) is 5.82 Å². The molecule has 0 aliphatic carbocycles. The van der Waals surface area contributed by atoms with Gasteiger partial charge in [0, 0.05) is 16.1 Å². The molecule has 9 nitrogen and oxygen atoms in total. The Labute approximate surface area is 224 Å². The summed E-state index contributed by atoms with van der Waals surface area (Å²) >= 11 is 6.24. The van der Waals surface area contributed by atoms with Crippen molar-refractivity contribution >= 4 is 29.4 Å². The summed E-state index contributed by atoms with van der Waals surface area (Å²) in [6, 6.07) is 9.87. The first-order valence-electron chi connectivity index (χ1n) is 9.70. The molecule has 3 rings (SSSR count). The Balaban J connectivity index is 0.00000408. The van der Waals surface area contributed by atoms with E-state index in [1.54, 1.807) is 24.5 Å². The van der Waals surface area contributed by atoms with Crippen molar-refractivity contribution in [3.05, 3.63) is 64.3 Å². The molecule has 1 heterocycles. The monoisotopic (exact) mass is 539 g/mol. The zero-order valence-electron chi connectivity index (χ0n) is 18.9. The largest absolute Gasteiger partial charge is 1.00 e. The van der Waals surface area contributed by atoms with E-state index in [4.69, 9.17) is 25.4 Å². The third-order valence-corrected chi connectivity index (χ3v) is 8.33. The minimum absolute atomic E-state index is 0. The molecule has 0 spiro atoms. The average molecular weight is 540 g/mol. The van der Waals surface area contributed by atoms with Crippen LogP contribution in [0.5, 0.6) is 5.75 Å². The molecule has 0 unspecified atom stereocenters. The van der Waals surface area contributed by atoms with Gasteiger partial charge in [0.15, 0.2) is 16.7 Å². The molecule has 3 aromatic rings. The fourth-order valence-corrected chi connectivity index (χ4v) is 6.22. The number of benzene rings is 2. The third-order valence-electron chi connectivity index (χ3n) is 4.35. The molecule has 0 atom stereocenters. The van der Waals surface area contributed by atoms with Crippen LogP contribution in [0.15, 0.2) is 53.7 Å². The SMILES string of the molecule is CCOP(=O)([N-]S(=O)(=O)c1ccc(-n2cnc(Cl)c2-c2ccc(OC)c(F)c2)cc1)OCC.[Na+]. The smallest absolute Gasteiger partial charge is 0.494 e. The van der Waals surface area contributed by atoms with Crippen molar-refractivity contribution in [2.24, 2.45) is 0 Å². The Hall–Kier alpha value is -1.27. The number of rotatable bonds is 10. The van der Waals surface area contributed by atoms with Crippen molar-refractivity contribution in [3.63, 3.8) is 0 Å². The van der Waals surface area contributed by atoms with Gasteiger partial charge < -0.3 is 18.3 Å². The van der Waals surface area contributed by atoms with Gasteiger partial charge >= 0.3 is 29.6 Å². The fourth-order valence-electron chi connectivity index (χ4n) is 2.96. The first kappa shape index (κ1) is 29.0. The Morgan fingerprint density at radius 1 is 1.12 bits per heavy atom. The molecule has 0 aliphatic rings. The Bertz CT molecular complexity index is 1280. The van der Waals surface area contributed by atoms with Gasteiger partial charge in [-0.15, -0.1) is 0 Å². The summed E-state index contributed by atoms with van der Waals surface area (Å²) in [5.74, 6) is -0.495. The first-order valence-corrected chi connectivity index (χ1v) is 13.0. The van der Waals surface area contributed by atoms with Gasteiger partial charge in [0.05, 0.1) is 26.0 Å². The molecular formula is C20H21ClFN3NaO6PS. The standard InChI is InChI=1S/C20H21ClFN3O6PS.Na/c1-4-30-32(26,31-5-2)24-33(27,28)16-9-7-15(8-10-16)25-13-23-20(21)19(25)14-6-11-18(29-3)17(22)12-14;/h6-13H,4-5H2,1-3H3;/q-1;+1. The van der Waals surface area contributed by atoms with Crippen LogP contribution in [0.4, 0.5) is 4.39 Å². The molecule has 0 saturated carbocycles. The quantitative estimate of drug-likeness (QED) is 0.288. The van der Waals surface area contributed by atoms with Crippen molar-refractivity contribution in [1.82, 2.24) is 9.55 Å². The number of nitrogens with zero attached hydrogens (tertiary/aromatic N) is 3. The topological polar surface area (TPSA) is 111 Å². The van der Waals surface area contributed by atoms with Crippen molar-refractivity contribution in [2.75, 3.05) is 20.3 Å². The van der Waals surface area contributed by atoms with Crippen LogP contribution >= 0.6 is 19.3 Å². The predicted molar refractivity (Wildman–Crippen MR) is 122 cm³/mol. The third kappa shape index (κ3) is 6.48. The van der Waals surface area contributed by atoms with Crippen LogP contribution < -0.4 is 34.3 Å². The van der Waals surface area contributed by atoms with Gasteiger partial charge in [-0.3, -0.25) is 9.13 Å². The summed E-state index contributed by atoms with van der Waals surface area (Å²) in [6.45, 7) is 3.02. The molecule has 0 bridgehead atoms. The van der Waals surface area contributed by atoms with Gasteiger partial charge in [-0.2, -0.15) is 0 Å². The van der Waals surface area contributed by atoms with Crippen molar-refractivity contribution in [1.29, 1.82) is 0 Å². The second-order valence-corrected chi connectivity index (χ2v) is 10.3. The summed E-state index contributed by atoms with van der Waals surface area (Å²) in [5, 5.41) is 0.126. The Morgan fingerprint density at radius 3 is 2.26 bits per heavy atom. The van der Waals surface area contributed by atoms with Crippen LogP contribution in [0.3, 0.4) is 0 Å². The van der Waals surface area contributed by atoms with Crippen LogP contribution in [0.2, 0.25) is 5.15 Å². The molecule has 0 fully saturated rings. The molecule has 34 heavy (non-hydrogen) atoms. The molecule has 0 radical (unpaired) electrons. The number of hydrogen-bond donors (Lipinski definition) is 0. The van der Waals surface area contributed by atoms with E-state index in [-0.39, 0.29) is 58.6 Å². The number of ether oxygens (including phenoxy) is 1. The van der Waals surface area contributed by atoms with E-state index in [9.17, 15) is 17.4 Å². The number of hydrogen-bond acceptors (Lipinski definition) is 7. The van der Waals surface area contributed by atoms with Gasteiger partial charge in [0.1, 0.15) is 16.4 Å². The van der Waals surface area contributed by atoms with E-state index < -0.39 is 23.6 Å². The van der Waals surface area contributed by atoms with E-state index in [1.165, 1.54) is 49.8 Å². The number of methoxy groups -OCH3 is 1. The van der Waals surface area contributed by atoms with E-state index in [0.29, 0.717) is 16.9 Å². The molecule has 14 heteroatoms.